The molecule has 0 bridgehead atoms. The van der Waals surface area contributed by atoms with Crippen LogP contribution in [0.2, 0.25) is 0 Å². The molecule has 0 aromatic heterocycles. The van der Waals surface area contributed by atoms with Crippen LogP contribution in [0.15, 0.2) is 11.6 Å². The third-order valence-corrected chi connectivity index (χ3v) is 6.46. The van der Waals surface area contributed by atoms with Crippen molar-refractivity contribution in [1.29, 1.82) is 0 Å². The number of hydrogen-bond acceptors (Lipinski definition) is 6. The lowest BCUT2D eigenvalue weighted by atomic mass is 9.59. The highest BCUT2D eigenvalue weighted by Gasteiger charge is 2.55. The molecule has 1 saturated carbocycles. The fraction of sp³-hybridized carbons (Fsp3) is 0.810. The maximum Gasteiger partial charge on any atom is 0.311 e. The number of methoxy groups -OCH3 is 1. The number of hydrogen-bond donors (Lipinski definition) is 0. The molecule has 0 spiro atoms. The van der Waals surface area contributed by atoms with Crippen LogP contribution in [-0.2, 0) is 28.5 Å². The van der Waals surface area contributed by atoms with E-state index in [0.29, 0.717) is 26.2 Å². The van der Waals surface area contributed by atoms with Crippen LogP contribution in [-0.4, -0.2) is 51.1 Å². The molecule has 0 amide bonds. The summed E-state index contributed by atoms with van der Waals surface area (Å²) in [6, 6.07) is 0. The van der Waals surface area contributed by atoms with Gasteiger partial charge in [-0.15, -0.1) is 0 Å². The van der Waals surface area contributed by atoms with Gasteiger partial charge in [-0.1, -0.05) is 12.5 Å². The molecule has 1 saturated heterocycles. The number of ketones is 1. The highest BCUT2D eigenvalue weighted by Crippen LogP contribution is 2.52. The lowest BCUT2D eigenvalue weighted by Gasteiger charge is -2.49. The first-order chi connectivity index (χ1) is 13.0. The molecule has 1 aliphatic heterocycles. The van der Waals surface area contributed by atoms with Crippen LogP contribution in [0.4, 0.5) is 0 Å². The molecule has 0 N–H and O–H groups in total. The molecule has 6 heteroatoms. The fourth-order valence-electron chi connectivity index (χ4n) is 4.99. The minimum Gasteiger partial charge on any atom is -0.469 e. The van der Waals surface area contributed by atoms with E-state index in [4.69, 9.17) is 18.9 Å². The summed E-state index contributed by atoms with van der Waals surface area (Å²) in [5, 5.41) is 0. The minimum absolute atomic E-state index is 0.129. The van der Waals surface area contributed by atoms with E-state index in [9.17, 15) is 9.59 Å². The summed E-state index contributed by atoms with van der Waals surface area (Å²) in [6.07, 6.45) is 6.20. The van der Waals surface area contributed by atoms with E-state index < -0.39 is 12.2 Å². The normalized spacial score (nSPS) is 34.7. The van der Waals surface area contributed by atoms with Gasteiger partial charge in [0, 0.05) is 18.9 Å². The van der Waals surface area contributed by atoms with Gasteiger partial charge in [0.2, 0.25) is 0 Å². The Balaban J connectivity index is 1.84. The average molecular weight is 380 g/mol. The van der Waals surface area contributed by atoms with Crippen LogP contribution in [0.3, 0.4) is 0 Å². The monoisotopic (exact) mass is 380 g/mol. The molecule has 2 aliphatic carbocycles. The summed E-state index contributed by atoms with van der Waals surface area (Å²) in [7, 11) is 1.43. The van der Waals surface area contributed by atoms with Crippen molar-refractivity contribution in [1.82, 2.24) is 0 Å². The Bertz CT molecular complexity index is 579. The molecule has 2 fully saturated rings. The first-order valence-corrected chi connectivity index (χ1v) is 10.1. The quantitative estimate of drug-likeness (QED) is 0.632. The van der Waals surface area contributed by atoms with Crippen molar-refractivity contribution >= 4 is 11.8 Å². The first-order valence-electron chi connectivity index (χ1n) is 10.1. The van der Waals surface area contributed by atoms with Crippen molar-refractivity contribution < 1.29 is 28.5 Å². The second-order valence-corrected chi connectivity index (χ2v) is 8.14. The molecule has 6 nitrogen and oxygen atoms in total. The highest BCUT2D eigenvalue weighted by atomic mass is 16.7. The van der Waals surface area contributed by atoms with Gasteiger partial charge in [0.15, 0.2) is 12.1 Å². The SMILES string of the molecule is CCO[C@H]1CC[C@@](C)(CCC2=CC(=O)CC2)[C@@H](C2OCCO2)[C@H]1C(=O)OC. The van der Waals surface area contributed by atoms with Crippen LogP contribution in [0, 0.1) is 17.3 Å². The van der Waals surface area contributed by atoms with Crippen molar-refractivity contribution in [3.8, 4) is 0 Å². The van der Waals surface area contributed by atoms with Crippen LogP contribution in [0.25, 0.3) is 0 Å². The van der Waals surface area contributed by atoms with Crippen molar-refractivity contribution in [3.63, 3.8) is 0 Å². The zero-order valence-electron chi connectivity index (χ0n) is 16.7. The van der Waals surface area contributed by atoms with E-state index in [1.54, 1.807) is 6.08 Å². The molecule has 3 rings (SSSR count). The van der Waals surface area contributed by atoms with Gasteiger partial charge in [-0.3, -0.25) is 9.59 Å². The third-order valence-electron chi connectivity index (χ3n) is 6.46. The van der Waals surface area contributed by atoms with Crippen LogP contribution in [0.1, 0.15) is 52.4 Å². The first kappa shape index (κ1) is 20.5. The van der Waals surface area contributed by atoms with E-state index >= 15 is 0 Å². The predicted octanol–water partition coefficient (Wildman–Crippen LogP) is 3.04. The average Bonchev–Trinajstić information content (AvgIpc) is 3.32. The molecular formula is C21H32O6. The number of esters is 1. The van der Waals surface area contributed by atoms with Gasteiger partial charge in [-0.25, -0.2) is 0 Å². The molecular weight excluding hydrogens is 348 g/mol. The van der Waals surface area contributed by atoms with E-state index in [-0.39, 0.29) is 29.2 Å². The Hall–Kier alpha value is -1.24. The molecule has 0 radical (unpaired) electrons. The van der Waals surface area contributed by atoms with Crippen LogP contribution in [0.5, 0.6) is 0 Å². The van der Waals surface area contributed by atoms with E-state index in [1.807, 2.05) is 6.92 Å². The maximum atomic E-state index is 12.7. The molecule has 0 unspecified atom stereocenters. The Morgan fingerprint density at radius 3 is 2.63 bits per heavy atom. The number of ether oxygens (including phenoxy) is 4. The maximum absolute atomic E-state index is 12.7. The lowest BCUT2D eigenvalue weighted by molar-refractivity contribution is -0.199. The minimum atomic E-state index is -0.415. The van der Waals surface area contributed by atoms with Gasteiger partial charge in [0.05, 0.1) is 32.3 Å². The smallest absolute Gasteiger partial charge is 0.311 e. The van der Waals surface area contributed by atoms with Crippen molar-refractivity contribution in [2.45, 2.75) is 64.8 Å². The second-order valence-electron chi connectivity index (χ2n) is 8.14. The van der Waals surface area contributed by atoms with Gasteiger partial charge >= 0.3 is 5.97 Å². The molecule has 27 heavy (non-hydrogen) atoms. The van der Waals surface area contributed by atoms with Gasteiger partial charge in [0.1, 0.15) is 0 Å². The fourth-order valence-corrected chi connectivity index (χ4v) is 4.99. The summed E-state index contributed by atoms with van der Waals surface area (Å²) >= 11 is 0. The predicted molar refractivity (Wildman–Crippen MR) is 99.0 cm³/mol. The summed E-state index contributed by atoms with van der Waals surface area (Å²) in [4.78, 5) is 24.3. The van der Waals surface area contributed by atoms with Gasteiger partial charge < -0.3 is 18.9 Å². The summed E-state index contributed by atoms with van der Waals surface area (Å²) in [6.45, 7) is 5.82. The van der Waals surface area contributed by atoms with Crippen LogP contribution < -0.4 is 0 Å². The van der Waals surface area contributed by atoms with Gasteiger partial charge in [-0.05, 0) is 50.5 Å². The van der Waals surface area contributed by atoms with Crippen molar-refractivity contribution in [3.05, 3.63) is 11.6 Å². The number of carbonyl (C=O) groups is 2. The molecule has 3 aliphatic rings. The summed E-state index contributed by atoms with van der Waals surface area (Å²) in [5.74, 6) is -0.563. The molecule has 152 valence electrons. The van der Waals surface area contributed by atoms with E-state index in [0.717, 1.165) is 32.1 Å². The Kier molecular flexibility index (Phi) is 6.71. The summed E-state index contributed by atoms with van der Waals surface area (Å²) in [5.41, 5.74) is 1.07. The standard InChI is InChI=1S/C21H32O6/c1-4-25-16-8-10-21(2,9-7-14-5-6-15(22)13-14)18(17(16)19(23)24-3)20-26-11-12-27-20/h13,16-18,20H,4-12H2,1-3H3/t16-,17-,18+,21+/m0/s1. The zero-order valence-corrected chi connectivity index (χ0v) is 16.7. The number of rotatable bonds is 7. The Morgan fingerprint density at radius 2 is 2.04 bits per heavy atom. The lowest BCUT2D eigenvalue weighted by Crippen LogP contribution is -2.53. The van der Waals surface area contributed by atoms with E-state index in [1.165, 1.54) is 12.7 Å². The largest absolute Gasteiger partial charge is 0.469 e. The summed E-state index contributed by atoms with van der Waals surface area (Å²) < 4.78 is 22.8. The van der Waals surface area contributed by atoms with Crippen molar-refractivity contribution in [2.24, 2.45) is 17.3 Å². The van der Waals surface area contributed by atoms with Crippen LogP contribution >= 0.6 is 0 Å². The Morgan fingerprint density at radius 1 is 1.30 bits per heavy atom. The number of carbonyl (C=O) groups excluding carboxylic acids is 2. The van der Waals surface area contributed by atoms with Gasteiger partial charge in [0.25, 0.3) is 0 Å². The topological polar surface area (TPSA) is 71.1 Å². The van der Waals surface area contributed by atoms with Crippen molar-refractivity contribution in [2.75, 3.05) is 26.9 Å². The number of allylic oxidation sites excluding steroid dienone is 2. The second kappa shape index (κ2) is 8.84. The molecule has 1 heterocycles. The molecule has 4 atom stereocenters. The van der Waals surface area contributed by atoms with E-state index in [2.05, 4.69) is 6.92 Å². The molecule has 0 aromatic rings. The molecule has 0 aromatic carbocycles. The van der Waals surface area contributed by atoms with Gasteiger partial charge in [-0.2, -0.15) is 0 Å². The third kappa shape index (κ3) is 4.44. The zero-order chi connectivity index (χ0) is 19.4. The highest BCUT2D eigenvalue weighted by molar-refractivity contribution is 5.92. The Labute approximate surface area is 161 Å².